The summed E-state index contributed by atoms with van der Waals surface area (Å²) in [5.41, 5.74) is 5.10. The molecule has 0 spiro atoms. The molecule has 1 aliphatic carbocycles. The predicted octanol–water partition coefficient (Wildman–Crippen LogP) is 6.76. The van der Waals surface area contributed by atoms with Crippen molar-refractivity contribution < 1.29 is 14.0 Å². The van der Waals surface area contributed by atoms with Crippen molar-refractivity contribution in [3.05, 3.63) is 96.0 Å². The molecule has 1 fully saturated rings. The summed E-state index contributed by atoms with van der Waals surface area (Å²) in [6.07, 6.45) is 6.51. The molecule has 35 heavy (non-hydrogen) atoms. The van der Waals surface area contributed by atoms with Crippen LogP contribution in [0.5, 0.6) is 5.75 Å². The molecule has 0 bridgehead atoms. The van der Waals surface area contributed by atoms with Gasteiger partial charge >= 0.3 is 7.12 Å². The molecule has 2 atom stereocenters. The molecule has 0 amide bonds. The zero-order valence-corrected chi connectivity index (χ0v) is 20.5. The molecule has 5 heteroatoms. The van der Waals surface area contributed by atoms with Crippen molar-refractivity contribution in [3.8, 4) is 11.4 Å². The van der Waals surface area contributed by atoms with Crippen LogP contribution in [0, 0.1) is 0 Å². The number of benzene rings is 3. The maximum Gasteiger partial charge on any atom is 0.494 e. The van der Waals surface area contributed by atoms with E-state index < -0.39 is 0 Å². The van der Waals surface area contributed by atoms with Crippen LogP contribution in [-0.4, -0.2) is 29.0 Å². The molecule has 4 nitrogen and oxygen atoms in total. The SMILES string of the molecule is CC1(C)OB(C2=CC3c4cc(-n5c6ccccc6c6ccccc65)ccc4OC3C=C2)OC1(C)C. The first kappa shape index (κ1) is 21.0. The minimum absolute atomic E-state index is 0.00965. The Bertz CT molecular complexity index is 1490. The highest BCUT2D eigenvalue weighted by atomic mass is 16.7. The van der Waals surface area contributed by atoms with Gasteiger partial charge in [-0.1, -0.05) is 48.6 Å². The molecule has 2 unspecified atom stereocenters. The Morgan fingerprint density at radius 2 is 1.43 bits per heavy atom. The second kappa shape index (κ2) is 7.13. The summed E-state index contributed by atoms with van der Waals surface area (Å²) in [5.74, 6) is 1.07. The van der Waals surface area contributed by atoms with Gasteiger partial charge in [-0.25, -0.2) is 0 Å². The summed E-state index contributed by atoms with van der Waals surface area (Å²) in [6.45, 7) is 8.37. The van der Waals surface area contributed by atoms with Gasteiger partial charge in [0.15, 0.2) is 0 Å². The molecular formula is C30H28BNO3. The lowest BCUT2D eigenvalue weighted by molar-refractivity contribution is 0.00578. The first-order chi connectivity index (χ1) is 16.8. The molecule has 3 aromatic carbocycles. The monoisotopic (exact) mass is 461 g/mol. The van der Waals surface area contributed by atoms with Gasteiger partial charge in [-0.05, 0) is 69.6 Å². The van der Waals surface area contributed by atoms with Gasteiger partial charge in [-0.15, -0.1) is 0 Å². The molecule has 174 valence electrons. The maximum absolute atomic E-state index is 6.33. The number of aromatic nitrogens is 1. The lowest BCUT2D eigenvalue weighted by atomic mass is 9.72. The summed E-state index contributed by atoms with van der Waals surface area (Å²) < 4.78 is 21.4. The van der Waals surface area contributed by atoms with Crippen molar-refractivity contribution in [2.45, 2.75) is 50.9 Å². The highest BCUT2D eigenvalue weighted by Crippen LogP contribution is 2.46. The standard InChI is InChI=1S/C30H28BNO3/c1-29(2)30(3,4)35-31(34-29)19-13-15-27-23(17-19)24-18-20(14-16-28(24)33-27)32-25-11-7-5-9-21(25)22-10-6-8-12-26(22)32/h5-18,23,27H,1-4H3. The second-order valence-electron chi connectivity index (χ2n) is 10.8. The summed E-state index contributed by atoms with van der Waals surface area (Å²) in [4.78, 5) is 0. The lowest BCUT2D eigenvalue weighted by Crippen LogP contribution is -2.41. The number of para-hydroxylation sites is 2. The minimum atomic E-state index is -0.373. The molecule has 7 rings (SSSR count). The number of allylic oxidation sites excluding steroid dienone is 2. The van der Waals surface area contributed by atoms with Gasteiger partial charge in [0.2, 0.25) is 0 Å². The van der Waals surface area contributed by atoms with Crippen LogP contribution in [0.1, 0.15) is 39.2 Å². The van der Waals surface area contributed by atoms with Gasteiger partial charge in [0.05, 0.1) is 22.2 Å². The number of hydrogen-bond acceptors (Lipinski definition) is 3. The molecule has 4 aromatic rings. The van der Waals surface area contributed by atoms with Crippen LogP contribution in [0.4, 0.5) is 0 Å². The minimum Gasteiger partial charge on any atom is -0.485 e. The number of rotatable bonds is 2. The Balaban J connectivity index is 1.32. The first-order valence-corrected chi connectivity index (χ1v) is 12.4. The van der Waals surface area contributed by atoms with Crippen LogP contribution >= 0.6 is 0 Å². The van der Waals surface area contributed by atoms with E-state index in [1.54, 1.807) is 0 Å². The predicted molar refractivity (Wildman–Crippen MR) is 141 cm³/mol. The van der Waals surface area contributed by atoms with E-state index in [1.165, 1.54) is 27.4 Å². The van der Waals surface area contributed by atoms with Gasteiger partial charge in [0.25, 0.3) is 0 Å². The van der Waals surface area contributed by atoms with E-state index in [0.717, 1.165) is 16.9 Å². The fourth-order valence-electron chi connectivity index (χ4n) is 5.59. The number of fused-ring (bicyclic) bond motifs is 6. The Labute approximate surface area is 205 Å². The summed E-state index contributed by atoms with van der Waals surface area (Å²) >= 11 is 0. The first-order valence-electron chi connectivity index (χ1n) is 12.4. The van der Waals surface area contributed by atoms with Crippen molar-refractivity contribution >= 4 is 28.9 Å². The molecule has 3 aliphatic rings. The van der Waals surface area contributed by atoms with Crippen LogP contribution in [-0.2, 0) is 9.31 Å². The van der Waals surface area contributed by atoms with Gasteiger partial charge in [0.1, 0.15) is 11.9 Å². The van der Waals surface area contributed by atoms with E-state index in [2.05, 4.69) is 117 Å². The fraction of sp³-hybridized carbons (Fsp3) is 0.267. The molecule has 2 aliphatic heterocycles. The van der Waals surface area contributed by atoms with Gasteiger partial charge in [0, 0.05) is 27.9 Å². The average molecular weight is 461 g/mol. The summed E-state index contributed by atoms with van der Waals surface area (Å²) in [7, 11) is -0.373. The third-order valence-electron chi connectivity index (χ3n) is 8.18. The van der Waals surface area contributed by atoms with E-state index in [1.807, 2.05) is 0 Å². The highest BCUT2D eigenvalue weighted by molar-refractivity contribution is 6.55. The largest absolute Gasteiger partial charge is 0.494 e. The molecular weight excluding hydrogens is 433 g/mol. The summed E-state index contributed by atoms with van der Waals surface area (Å²) in [5, 5.41) is 2.53. The van der Waals surface area contributed by atoms with Crippen LogP contribution in [0.3, 0.4) is 0 Å². The molecule has 3 heterocycles. The van der Waals surface area contributed by atoms with E-state index in [0.29, 0.717) is 0 Å². The van der Waals surface area contributed by atoms with E-state index in [9.17, 15) is 0 Å². The molecule has 0 saturated carbocycles. The van der Waals surface area contributed by atoms with Crippen molar-refractivity contribution in [2.75, 3.05) is 0 Å². The molecule has 0 radical (unpaired) electrons. The van der Waals surface area contributed by atoms with Gasteiger partial charge in [-0.3, -0.25) is 0 Å². The van der Waals surface area contributed by atoms with E-state index >= 15 is 0 Å². The number of nitrogens with zero attached hydrogens (tertiary/aromatic N) is 1. The Kier molecular flexibility index (Phi) is 4.28. The third-order valence-corrected chi connectivity index (χ3v) is 8.18. The topological polar surface area (TPSA) is 32.6 Å². The van der Waals surface area contributed by atoms with Crippen molar-refractivity contribution in [3.63, 3.8) is 0 Å². The quantitative estimate of drug-likeness (QED) is 0.310. The third kappa shape index (κ3) is 3.01. The van der Waals surface area contributed by atoms with Crippen molar-refractivity contribution in [1.29, 1.82) is 0 Å². The lowest BCUT2D eigenvalue weighted by Gasteiger charge is -2.32. The highest BCUT2D eigenvalue weighted by Gasteiger charge is 2.52. The van der Waals surface area contributed by atoms with Crippen LogP contribution in [0.15, 0.2) is 90.4 Å². The van der Waals surface area contributed by atoms with Crippen molar-refractivity contribution in [2.24, 2.45) is 0 Å². The maximum atomic E-state index is 6.33. The van der Waals surface area contributed by atoms with Crippen LogP contribution in [0.25, 0.3) is 27.5 Å². The van der Waals surface area contributed by atoms with E-state index in [4.69, 9.17) is 14.0 Å². The van der Waals surface area contributed by atoms with Gasteiger partial charge < -0.3 is 18.6 Å². The zero-order valence-electron chi connectivity index (χ0n) is 20.5. The molecule has 1 saturated heterocycles. The van der Waals surface area contributed by atoms with Crippen molar-refractivity contribution in [1.82, 2.24) is 4.57 Å². The number of ether oxygens (including phenoxy) is 1. The average Bonchev–Trinajstić information content (AvgIpc) is 3.45. The second-order valence-corrected chi connectivity index (χ2v) is 10.8. The Hall–Kier alpha value is -3.28. The summed E-state index contributed by atoms with van der Waals surface area (Å²) in [6, 6.07) is 23.8. The Morgan fingerprint density at radius 1 is 0.800 bits per heavy atom. The van der Waals surface area contributed by atoms with Crippen LogP contribution in [0.2, 0.25) is 0 Å². The fourth-order valence-corrected chi connectivity index (χ4v) is 5.59. The van der Waals surface area contributed by atoms with Gasteiger partial charge in [-0.2, -0.15) is 0 Å². The zero-order chi connectivity index (χ0) is 23.9. The van der Waals surface area contributed by atoms with E-state index in [-0.39, 0.29) is 30.3 Å². The normalized spacial score (nSPS) is 23.9. The smallest absolute Gasteiger partial charge is 0.485 e. The Morgan fingerprint density at radius 3 is 2.09 bits per heavy atom. The number of hydrogen-bond donors (Lipinski definition) is 0. The molecule has 0 N–H and O–H groups in total. The van der Waals surface area contributed by atoms with Crippen LogP contribution < -0.4 is 4.74 Å². The molecule has 1 aromatic heterocycles.